The molecule has 2 aliphatic heterocycles. The minimum Gasteiger partial charge on any atom is -0.496 e. The summed E-state index contributed by atoms with van der Waals surface area (Å²) in [6.45, 7) is 11.8. The predicted octanol–water partition coefficient (Wildman–Crippen LogP) is 4.16. The van der Waals surface area contributed by atoms with E-state index in [2.05, 4.69) is 27.1 Å². The van der Waals surface area contributed by atoms with Gasteiger partial charge in [-0.3, -0.25) is 4.79 Å². The molecule has 5 rings (SSSR count). The van der Waals surface area contributed by atoms with Gasteiger partial charge < -0.3 is 34.5 Å². The van der Waals surface area contributed by atoms with Crippen molar-refractivity contribution in [2.24, 2.45) is 0 Å². The summed E-state index contributed by atoms with van der Waals surface area (Å²) in [5.41, 5.74) is 2.90. The maximum atomic E-state index is 12.0. The highest BCUT2D eigenvalue weighted by Gasteiger charge is 2.30. The van der Waals surface area contributed by atoms with Crippen LogP contribution in [-0.4, -0.2) is 85.7 Å². The van der Waals surface area contributed by atoms with Gasteiger partial charge in [0.2, 0.25) is 11.9 Å². The summed E-state index contributed by atoms with van der Waals surface area (Å²) in [5.74, 6) is 2.02. The Labute approximate surface area is 250 Å². The molecule has 3 aromatic rings. The van der Waals surface area contributed by atoms with Crippen LogP contribution in [0.2, 0.25) is 5.02 Å². The van der Waals surface area contributed by atoms with Crippen LogP contribution in [0, 0.1) is 6.92 Å². The summed E-state index contributed by atoms with van der Waals surface area (Å²) >= 11 is 6.86. The third-order valence-electron chi connectivity index (χ3n) is 7.59. The number of nitrogens with zero attached hydrogens (tertiary/aromatic N) is 4. The molecule has 224 valence electrons. The number of carbonyl (C=O) groups is 1. The molecule has 2 unspecified atom stereocenters. The van der Waals surface area contributed by atoms with E-state index in [1.54, 1.807) is 26.5 Å². The van der Waals surface area contributed by atoms with Crippen LogP contribution in [0.4, 0.5) is 11.8 Å². The monoisotopic (exact) mass is 596 g/mol. The van der Waals surface area contributed by atoms with Crippen molar-refractivity contribution in [1.82, 2.24) is 20.3 Å². The van der Waals surface area contributed by atoms with Crippen LogP contribution < -0.4 is 25.0 Å². The van der Waals surface area contributed by atoms with Crippen molar-refractivity contribution in [3.63, 3.8) is 0 Å². The van der Waals surface area contributed by atoms with E-state index in [4.69, 9.17) is 40.5 Å². The fraction of sp³-hybridized carbons (Fsp3) is 0.467. The molecular weight excluding hydrogens is 560 g/mol. The molecule has 0 bridgehead atoms. The number of morpholine rings is 1. The Hall–Kier alpha value is -3.67. The Morgan fingerprint density at radius 2 is 1.88 bits per heavy atom. The molecule has 2 fully saturated rings. The summed E-state index contributed by atoms with van der Waals surface area (Å²) in [7, 11) is 3.19. The van der Waals surface area contributed by atoms with Crippen LogP contribution in [-0.2, 0) is 14.3 Å². The Morgan fingerprint density at radius 1 is 1.14 bits per heavy atom. The highest BCUT2D eigenvalue weighted by atomic mass is 35.5. The molecular formula is C30H37ClN6O5. The quantitative estimate of drug-likeness (QED) is 0.367. The molecule has 0 radical (unpaired) electrons. The second-order valence-electron chi connectivity index (χ2n) is 10.7. The Morgan fingerprint density at radius 3 is 2.57 bits per heavy atom. The van der Waals surface area contributed by atoms with Crippen LogP contribution in [0.15, 0.2) is 31.0 Å². The molecule has 2 N–H and O–H groups in total. The van der Waals surface area contributed by atoms with Gasteiger partial charge in [0.1, 0.15) is 17.0 Å². The lowest BCUT2D eigenvalue weighted by molar-refractivity contribution is -0.117. The van der Waals surface area contributed by atoms with Crippen molar-refractivity contribution in [1.29, 1.82) is 0 Å². The highest BCUT2D eigenvalue weighted by Crippen LogP contribution is 2.43. The zero-order valence-electron chi connectivity index (χ0n) is 24.6. The number of methoxy groups -OCH3 is 2. The maximum absolute atomic E-state index is 12.0. The van der Waals surface area contributed by atoms with Crippen LogP contribution in [0.25, 0.3) is 22.2 Å². The smallest absolute Gasteiger partial charge is 0.243 e. The third-order valence-corrected chi connectivity index (χ3v) is 7.96. The Bertz CT molecular complexity index is 1450. The third kappa shape index (κ3) is 6.08. The molecule has 2 saturated heterocycles. The normalized spacial score (nSPS) is 22.5. The van der Waals surface area contributed by atoms with E-state index in [9.17, 15) is 4.79 Å². The first-order chi connectivity index (χ1) is 20.2. The lowest BCUT2D eigenvalue weighted by atomic mass is 10.0. The molecule has 2 aromatic heterocycles. The van der Waals surface area contributed by atoms with Crippen LogP contribution in [0.1, 0.15) is 25.8 Å². The molecule has 1 aromatic carbocycles. The molecule has 4 atom stereocenters. The summed E-state index contributed by atoms with van der Waals surface area (Å²) in [6.07, 6.45) is 3.71. The van der Waals surface area contributed by atoms with Crippen molar-refractivity contribution in [2.75, 3.05) is 50.7 Å². The fourth-order valence-electron chi connectivity index (χ4n) is 5.62. The van der Waals surface area contributed by atoms with E-state index >= 15 is 0 Å². The first-order valence-corrected chi connectivity index (χ1v) is 14.4. The van der Waals surface area contributed by atoms with Crippen LogP contribution >= 0.6 is 11.6 Å². The molecule has 2 aliphatic rings. The molecule has 1 amide bonds. The zero-order valence-corrected chi connectivity index (χ0v) is 25.3. The number of ether oxygens (including phenoxy) is 4. The predicted molar refractivity (Wildman–Crippen MR) is 163 cm³/mol. The SMILES string of the molecule is C=CC(=O)N[C@H]1CCOC[C@H]1Nc1ncc2cc(-c3c(C)c(OC)cc(OC)c3Cl)nc(N3CC(C)OC(C)C3)c2n1. The second kappa shape index (κ2) is 12.7. The van der Waals surface area contributed by atoms with Crippen molar-refractivity contribution in [3.05, 3.63) is 41.6 Å². The van der Waals surface area contributed by atoms with Crippen molar-refractivity contribution in [3.8, 4) is 22.8 Å². The number of amides is 1. The first kappa shape index (κ1) is 29.8. The van der Waals surface area contributed by atoms with Crippen molar-refractivity contribution >= 4 is 40.2 Å². The van der Waals surface area contributed by atoms with Gasteiger partial charge in [0.05, 0.1) is 55.8 Å². The maximum Gasteiger partial charge on any atom is 0.243 e. The summed E-state index contributed by atoms with van der Waals surface area (Å²) < 4.78 is 22.9. The molecule has 11 nitrogen and oxygen atoms in total. The number of aromatic nitrogens is 3. The number of halogens is 1. The lowest BCUT2D eigenvalue weighted by Gasteiger charge is -2.36. The van der Waals surface area contributed by atoms with E-state index in [-0.39, 0.29) is 30.2 Å². The molecule has 0 spiro atoms. The van der Waals surface area contributed by atoms with Gasteiger partial charge >= 0.3 is 0 Å². The number of hydrogen-bond donors (Lipinski definition) is 2. The van der Waals surface area contributed by atoms with Gasteiger partial charge in [-0.15, -0.1) is 0 Å². The summed E-state index contributed by atoms with van der Waals surface area (Å²) in [4.78, 5) is 28.9. The molecule has 12 heteroatoms. The fourth-order valence-corrected chi connectivity index (χ4v) is 5.99. The minimum atomic E-state index is -0.231. The molecule has 0 saturated carbocycles. The van der Waals surface area contributed by atoms with E-state index in [0.717, 1.165) is 10.9 Å². The number of pyridine rings is 1. The van der Waals surface area contributed by atoms with Gasteiger partial charge in [-0.2, -0.15) is 0 Å². The lowest BCUT2D eigenvalue weighted by Crippen LogP contribution is -2.52. The average Bonchev–Trinajstić information content (AvgIpc) is 2.97. The largest absolute Gasteiger partial charge is 0.496 e. The molecule has 4 heterocycles. The van der Waals surface area contributed by atoms with Gasteiger partial charge in [-0.05, 0) is 39.3 Å². The summed E-state index contributed by atoms with van der Waals surface area (Å²) in [5, 5.41) is 7.59. The van der Waals surface area contributed by atoms with Crippen molar-refractivity contribution < 1.29 is 23.7 Å². The number of anilines is 2. The van der Waals surface area contributed by atoms with Gasteiger partial charge in [0.25, 0.3) is 0 Å². The summed E-state index contributed by atoms with van der Waals surface area (Å²) in [6, 6.07) is 3.33. The zero-order chi connectivity index (χ0) is 30.0. The van der Waals surface area contributed by atoms with Gasteiger partial charge in [-0.25, -0.2) is 15.0 Å². The van der Waals surface area contributed by atoms with Crippen LogP contribution in [0.5, 0.6) is 11.5 Å². The van der Waals surface area contributed by atoms with Crippen LogP contribution in [0.3, 0.4) is 0 Å². The Kier molecular flexibility index (Phi) is 9.00. The van der Waals surface area contributed by atoms with E-state index in [1.807, 2.05) is 26.8 Å². The number of rotatable bonds is 8. The van der Waals surface area contributed by atoms with Gasteiger partial charge in [-0.1, -0.05) is 18.2 Å². The van der Waals surface area contributed by atoms with E-state index < -0.39 is 0 Å². The number of fused-ring (bicyclic) bond motifs is 1. The minimum absolute atomic E-state index is 0.00421. The second-order valence-corrected chi connectivity index (χ2v) is 11.0. The number of benzene rings is 1. The highest BCUT2D eigenvalue weighted by molar-refractivity contribution is 6.35. The number of hydrogen-bond acceptors (Lipinski definition) is 10. The molecule has 42 heavy (non-hydrogen) atoms. The van der Waals surface area contributed by atoms with E-state index in [0.29, 0.717) is 77.8 Å². The topological polar surface area (TPSA) is 120 Å². The van der Waals surface area contributed by atoms with Crippen molar-refractivity contribution in [2.45, 2.75) is 51.5 Å². The average molecular weight is 597 g/mol. The van der Waals surface area contributed by atoms with E-state index in [1.165, 1.54) is 6.08 Å². The molecule has 0 aliphatic carbocycles. The Balaban J connectivity index is 1.61. The number of nitrogens with one attached hydrogen (secondary N) is 2. The van der Waals surface area contributed by atoms with Gasteiger partial charge in [0.15, 0.2) is 5.82 Å². The number of carbonyl (C=O) groups excluding carboxylic acids is 1. The first-order valence-electron chi connectivity index (χ1n) is 14.0. The standard InChI is InChI=1S/C30H37ClN6O5/c1-7-25(38)33-20-8-9-41-15-22(20)35-30-32-12-19-10-21(26-18(4)23(39-5)11-24(40-6)27(26)31)34-29(28(19)36-30)37-13-16(2)42-17(3)14-37/h7,10-12,16-17,20,22H,1,8-9,13-15H2,2-6H3,(H,33,38)(H,32,35,36)/t16?,17?,20-,22+/m0/s1. The van der Waals surface area contributed by atoms with Gasteiger partial charge in [0, 0.05) is 48.5 Å².